The van der Waals surface area contributed by atoms with Gasteiger partial charge in [0.1, 0.15) is 12.4 Å². The van der Waals surface area contributed by atoms with E-state index in [0.29, 0.717) is 25.6 Å². The Kier molecular flexibility index (Phi) is 7.76. The summed E-state index contributed by atoms with van der Waals surface area (Å²) < 4.78 is 5.93. The Labute approximate surface area is 150 Å². The van der Waals surface area contributed by atoms with Gasteiger partial charge in [0.2, 0.25) is 0 Å². The lowest BCUT2D eigenvalue weighted by Gasteiger charge is -2.15. The molecule has 0 spiro atoms. The molecule has 0 aliphatic rings. The molecular weight excluding hydrogens is 312 g/mol. The lowest BCUT2D eigenvalue weighted by molar-refractivity contribution is 0.317. The average molecular weight is 340 g/mol. The summed E-state index contributed by atoms with van der Waals surface area (Å²) in [4.78, 5) is 8.84. The molecule has 0 saturated heterocycles. The first-order chi connectivity index (χ1) is 12.2. The second-order valence-corrected chi connectivity index (χ2v) is 5.98. The monoisotopic (exact) mass is 340 g/mol. The van der Waals surface area contributed by atoms with Crippen LogP contribution in [0, 0.1) is 0 Å². The van der Waals surface area contributed by atoms with Crippen molar-refractivity contribution in [3.8, 4) is 5.75 Å². The molecule has 0 bridgehead atoms. The van der Waals surface area contributed by atoms with Crippen molar-refractivity contribution in [2.45, 2.75) is 33.2 Å². The largest absolute Gasteiger partial charge is 0.491 e. The fourth-order valence-corrected chi connectivity index (χ4v) is 2.41. The smallest absolute Gasteiger partial charge is 0.191 e. The van der Waals surface area contributed by atoms with Gasteiger partial charge in [-0.05, 0) is 36.6 Å². The molecule has 0 atom stereocenters. The van der Waals surface area contributed by atoms with Crippen molar-refractivity contribution in [2.24, 2.45) is 4.99 Å². The maximum atomic E-state index is 5.93. The van der Waals surface area contributed by atoms with Gasteiger partial charge in [-0.3, -0.25) is 4.98 Å². The Morgan fingerprint density at radius 1 is 1.12 bits per heavy atom. The highest BCUT2D eigenvalue weighted by atomic mass is 16.5. The molecule has 0 unspecified atom stereocenters. The maximum absolute atomic E-state index is 5.93. The van der Waals surface area contributed by atoms with Crippen LogP contribution in [0.1, 0.15) is 37.9 Å². The molecule has 0 fully saturated rings. The van der Waals surface area contributed by atoms with Crippen molar-refractivity contribution in [2.75, 3.05) is 19.7 Å². The van der Waals surface area contributed by atoms with E-state index in [1.54, 1.807) is 6.20 Å². The van der Waals surface area contributed by atoms with E-state index in [1.807, 2.05) is 43.3 Å². The third-order valence-electron chi connectivity index (χ3n) is 3.66. The van der Waals surface area contributed by atoms with E-state index in [-0.39, 0.29) is 0 Å². The van der Waals surface area contributed by atoms with Gasteiger partial charge >= 0.3 is 0 Å². The van der Waals surface area contributed by atoms with Gasteiger partial charge in [0.15, 0.2) is 5.96 Å². The summed E-state index contributed by atoms with van der Waals surface area (Å²) in [6.45, 7) is 9.02. The molecule has 5 heteroatoms. The normalized spacial score (nSPS) is 11.4. The number of nitrogens with zero attached hydrogens (tertiary/aromatic N) is 2. The Morgan fingerprint density at radius 2 is 1.92 bits per heavy atom. The zero-order chi connectivity index (χ0) is 17.9. The zero-order valence-electron chi connectivity index (χ0n) is 15.3. The van der Waals surface area contributed by atoms with E-state index in [2.05, 4.69) is 40.5 Å². The molecule has 0 aliphatic heterocycles. The Balaban J connectivity index is 1.83. The van der Waals surface area contributed by atoms with Gasteiger partial charge in [-0.2, -0.15) is 0 Å². The number of ether oxygens (including phenoxy) is 1. The molecule has 25 heavy (non-hydrogen) atoms. The van der Waals surface area contributed by atoms with E-state index in [1.165, 1.54) is 5.56 Å². The second kappa shape index (κ2) is 10.3. The average Bonchev–Trinajstić information content (AvgIpc) is 2.64. The molecule has 1 aromatic carbocycles. The molecule has 5 nitrogen and oxygen atoms in total. The SMILES string of the molecule is CCNC(=NCc1ccccn1)NCCOc1ccccc1C(C)C. The van der Waals surface area contributed by atoms with Crippen LogP contribution in [-0.4, -0.2) is 30.6 Å². The predicted molar refractivity (Wildman–Crippen MR) is 103 cm³/mol. The van der Waals surface area contributed by atoms with Crippen molar-refractivity contribution in [3.05, 3.63) is 59.9 Å². The van der Waals surface area contributed by atoms with Crippen molar-refractivity contribution in [1.29, 1.82) is 0 Å². The van der Waals surface area contributed by atoms with Crippen LogP contribution in [0.4, 0.5) is 0 Å². The summed E-state index contributed by atoms with van der Waals surface area (Å²) in [6, 6.07) is 14.0. The molecule has 0 amide bonds. The molecular formula is C20H28N4O. The molecule has 0 radical (unpaired) electrons. The van der Waals surface area contributed by atoms with Gasteiger partial charge in [-0.1, -0.05) is 38.1 Å². The molecule has 2 aromatic rings. The molecule has 0 aliphatic carbocycles. The van der Waals surface area contributed by atoms with Crippen LogP contribution in [0.2, 0.25) is 0 Å². The number of hydrogen-bond donors (Lipinski definition) is 2. The number of guanidine groups is 1. The van der Waals surface area contributed by atoms with E-state index in [0.717, 1.165) is 23.9 Å². The van der Waals surface area contributed by atoms with Crippen molar-refractivity contribution >= 4 is 5.96 Å². The Hall–Kier alpha value is -2.56. The van der Waals surface area contributed by atoms with Crippen molar-refractivity contribution in [1.82, 2.24) is 15.6 Å². The molecule has 1 heterocycles. The number of para-hydroxylation sites is 1. The fraction of sp³-hybridized carbons (Fsp3) is 0.400. The maximum Gasteiger partial charge on any atom is 0.191 e. The third-order valence-corrected chi connectivity index (χ3v) is 3.66. The van der Waals surface area contributed by atoms with Crippen molar-refractivity contribution < 1.29 is 4.74 Å². The first kappa shape index (κ1) is 18.8. The van der Waals surface area contributed by atoms with Gasteiger partial charge in [0.25, 0.3) is 0 Å². The van der Waals surface area contributed by atoms with Crippen LogP contribution in [0.25, 0.3) is 0 Å². The van der Waals surface area contributed by atoms with Crippen LogP contribution < -0.4 is 15.4 Å². The van der Waals surface area contributed by atoms with E-state index in [4.69, 9.17) is 4.74 Å². The first-order valence-corrected chi connectivity index (χ1v) is 8.84. The van der Waals surface area contributed by atoms with Gasteiger partial charge in [-0.25, -0.2) is 4.99 Å². The van der Waals surface area contributed by atoms with Crippen LogP contribution in [0.15, 0.2) is 53.7 Å². The number of aliphatic imine (C=N–C) groups is 1. The minimum atomic E-state index is 0.446. The predicted octanol–water partition coefficient (Wildman–Crippen LogP) is 3.34. The van der Waals surface area contributed by atoms with Crippen LogP contribution in [-0.2, 0) is 6.54 Å². The summed E-state index contributed by atoms with van der Waals surface area (Å²) >= 11 is 0. The fourth-order valence-electron chi connectivity index (χ4n) is 2.41. The summed E-state index contributed by atoms with van der Waals surface area (Å²) in [5.41, 5.74) is 2.18. The number of benzene rings is 1. The highest BCUT2D eigenvalue weighted by Gasteiger charge is 2.06. The molecule has 134 valence electrons. The van der Waals surface area contributed by atoms with Gasteiger partial charge in [0.05, 0.1) is 18.8 Å². The van der Waals surface area contributed by atoms with Crippen molar-refractivity contribution in [3.63, 3.8) is 0 Å². The highest BCUT2D eigenvalue weighted by Crippen LogP contribution is 2.25. The molecule has 1 aromatic heterocycles. The van der Waals surface area contributed by atoms with E-state index in [9.17, 15) is 0 Å². The van der Waals surface area contributed by atoms with E-state index >= 15 is 0 Å². The van der Waals surface area contributed by atoms with Crippen LogP contribution >= 0.6 is 0 Å². The number of pyridine rings is 1. The summed E-state index contributed by atoms with van der Waals surface area (Å²) in [5, 5.41) is 6.53. The number of hydrogen-bond acceptors (Lipinski definition) is 3. The summed E-state index contributed by atoms with van der Waals surface area (Å²) in [7, 11) is 0. The van der Waals surface area contributed by atoms with Gasteiger partial charge < -0.3 is 15.4 Å². The summed E-state index contributed by atoms with van der Waals surface area (Å²) in [6.07, 6.45) is 1.78. The zero-order valence-corrected chi connectivity index (χ0v) is 15.3. The van der Waals surface area contributed by atoms with Crippen LogP contribution in [0.5, 0.6) is 5.75 Å². The molecule has 0 saturated carbocycles. The number of nitrogens with one attached hydrogen (secondary N) is 2. The quantitative estimate of drug-likeness (QED) is 0.440. The highest BCUT2D eigenvalue weighted by molar-refractivity contribution is 5.79. The standard InChI is InChI=1S/C20H28N4O/c1-4-21-20(24-15-17-9-7-8-12-22-17)23-13-14-25-19-11-6-5-10-18(19)16(2)3/h5-12,16H,4,13-15H2,1-3H3,(H2,21,23,24). The van der Waals surface area contributed by atoms with Crippen LogP contribution in [0.3, 0.4) is 0 Å². The first-order valence-electron chi connectivity index (χ1n) is 8.84. The minimum Gasteiger partial charge on any atom is -0.491 e. The Bertz CT molecular complexity index is 656. The third kappa shape index (κ3) is 6.45. The number of aromatic nitrogens is 1. The topological polar surface area (TPSA) is 58.5 Å². The van der Waals surface area contributed by atoms with Gasteiger partial charge in [0, 0.05) is 12.7 Å². The lowest BCUT2D eigenvalue weighted by atomic mass is 10.0. The summed E-state index contributed by atoms with van der Waals surface area (Å²) in [5.74, 6) is 2.17. The van der Waals surface area contributed by atoms with Gasteiger partial charge in [-0.15, -0.1) is 0 Å². The van der Waals surface area contributed by atoms with E-state index < -0.39 is 0 Å². The molecule has 2 N–H and O–H groups in total. The number of rotatable bonds is 8. The second-order valence-electron chi connectivity index (χ2n) is 5.98. The lowest BCUT2D eigenvalue weighted by Crippen LogP contribution is -2.39. The Morgan fingerprint density at radius 3 is 2.64 bits per heavy atom. The minimum absolute atomic E-state index is 0.446. The molecule has 2 rings (SSSR count).